The van der Waals surface area contributed by atoms with Crippen LogP contribution in [0.2, 0.25) is 0 Å². The minimum atomic E-state index is 0.0552. The molecule has 1 fully saturated rings. The standard InChI is InChI=1S/C14H19NO3/c1-10-8-15(9-11(2)18-10)14(16)12-4-6-13(17-3)7-5-12/h4-7,10-11H,8-9H2,1-3H3. The van der Waals surface area contributed by atoms with E-state index < -0.39 is 0 Å². The van der Waals surface area contributed by atoms with Crippen molar-refractivity contribution >= 4 is 5.91 Å². The van der Waals surface area contributed by atoms with Crippen molar-refractivity contribution in [3.63, 3.8) is 0 Å². The molecule has 0 bridgehead atoms. The lowest BCUT2D eigenvalue weighted by atomic mass is 10.1. The molecule has 0 N–H and O–H groups in total. The van der Waals surface area contributed by atoms with Crippen LogP contribution in [-0.2, 0) is 4.74 Å². The van der Waals surface area contributed by atoms with Crippen LogP contribution in [0.3, 0.4) is 0 Å². The molecule has 2 atom stereocenters. The second-order valence-electron chi connectivity index (χ2n) is 4.70. The summed E-state index contributed by atoms with van der Waals surface area (Å²) in [6.07, 6.45) is 0.187. The number of benzene rings is 1. The topological polar surface area (TPSA) is 38.8 Å². The van der Waals surface area contributed by atoms with Gasteiger partial charge in [0.2, 0.25) is 0 Å². The second-order valence-corrected chi connectivity index (χ2v) is 4.70. The molecule has 1 aliphatic heterocycles. The van der Waals surface area contributed by atoms with Crippen molar-refractivity contribution in [1.29, 1.82) is 0 Å². The number of amides is 1. The van der Waals surface area contributed by atoms with Crippen LogP contribution in [-0.4, -0.2) is 43.2 Å². The van der Waals surface area contributed by atoms with Gasteiger partial charge >= 0.3 is 0 Å². The van der Waals surface area contributed by atoms with Gasteiger partial charge in [-0.05, 0) is 38.1 Å². The Morgan fingerprint density at radius 1 is 1.22 bits per heavy atom. The maximum Gasteiger partial charge on any atom is 0.254 e. The molecule has 0 spiro atoms. The van der Waals surface area contributed by atoms with Crippen LogP contribution in [0.5, 0.6) is 5.75 Å². The fraction of sp³-hybridized carbons (Fsp3) is 0.500. The molecule has 4 heteroatoms. The van der Waals surface area contributed by atoms with Gasteiger partial charge in [0, 0.05) is 18.7 Å². The Morgan fingerprint density at radius 3 is 2.28 bits per heavy atom. The summed E-state index contributed by atoms with van der Waals surface area (Å²) in [5.41, 5.74) is 0.692. The van der Waals surface area contributed by atoms with E-state index in [4.69, 9.17) is 9.47 Å². The molecular formula is C14H19NO3. The molecule has 0 aliphatic carbocycles. The molecule has 0 aromatic heterocycles. The lowest BCUT2D eigenvalue weighted by Crippen LogP contribution is -2.48. The zero-order chi connectivity index (χ0) is 13.1. The van der Waals surface area contributed by atoms with Crippen molar-refractivity contribution in [2.24, 2.45) is 0 Å². The first kappa shape index (κ1) is 12.9. The third-order valence-electron chi connectivity index (χ3n) is 3.04. The maximum atomic E-state index is 12.3. The van der Waals surface area contributed by atoms with Crippen LogP contribution in [0.15, 0.2) is 24.3 Å². The summed E-state index contributed by atoms with van der Waals surface area (Å²) >= 11 is 0. The molecule has 1 heterocycles. The minimum Gasteiger partial charge on any atom is -0.497 e. The zero-order valence-corrected chi connectivity index (χ0v) is 11.1. The van der Waals surface area contributed by atoms with Crippen molar-refractivity contribution in [3.05, 3.63) is 29.8 Å². The molecule has 1 amide bonds. The largest absolute Gasteiger partial charge is 0.497 e. The van der Waals surface area contributed by atoms with Crippen molar-refractivity contribution in [2.45, 2.75) is 26.1 Å². The molecule has 1 aromatic carbocycles. The van der Waals surface area contributed by atoms with E-state index in [0.717, 1.165) is 5.75 Å². The van der Waals surface area contributed by atoms with E-state index in [0.29, 0.717) is 18.7 Å². The minimum absolute atomic E-state index is 0.0552. The Kier molecular flexibility index (Phi) is 3.87. The number of nitrogens with zero attached hydrogens (tertiary/aromatic N) is 1. The smallest absolute Gasteiger partial charge is 0.254 e. The number of methoxy groups -OCH3 is 1. The molecule has 0 radical (unpaired) electrons. The van der Waals surface area contributed by atoms with E-state index in [9.17, 15) is 4.79 Å². The fourth-order valence-electron chi connectivity index (χ4n) is 2.26. The highest BCUT2D eigenvalue weighted by atomic mass is 16.5. The number of hydrogen-bond acceptors (Lipinski definition) is 3. The van der Waals surface area contributed by atoms with E-state index >= 15 is 0 Å². The molecular weight excluding hydrogens is 230 g/mol. The summed E-state index contributed by atoms with van der Waals surface area (Å²) in [4.78, 5) is 14.2. The Balaban J connectivity index is 2.09. The van der Waals surface area contributed by atoms with Gasteiger partial charge in [0.1, 0.15) is 5.75 Å². The summed E-state index contributed by atoms with van der Waals surface area (Å²) in [6.45, 7) is 5.28. The van der Waals surface area contributed by atoms with Crippen LogP contribution in [0.1, 0.15) is 24.2 Å². The highest BCUT2D eigenvalue weighted by Crippen LogP contribution is 2.16. The van der Waals surface area contributed by atoms with E-state index in [1.165, 1.54) is 0 Å². The summed E-state index contributed by atoms with van der Waals surface area (Å²) in [7, 11) is 1.61. The van der Waals surface area contributed by atoms with Crippen LogP contribution in [0, 0.1) is 0 Å². The molecule has 98 valence electrons. The lowest BCUT2D eigenvalue weighted by molar-refractivity contribution is -0.0586. The number of carbonyl (C=O) groups excluding carboxylic acids is 1. The highest BCUT2D eigenvalue weighted by molar-refractivity contribution is 5.94. The van der Waals surface area contributed by atoms with E-state index in [1.54, 1.807) is 31.4 Å². The van der Waals surface area contributed by atoms with E-state index in [-0.39, 0.29) is 18.1 Å². The molecule has 2 unspecified atom stereocenters. The van der Waals surface area contributed by atoms with Crippen molar-refractivity contribution < 1.29 is 14.3 Å². The summed E-state index contributed by atoms with van der Waals surface area (Å²) in [6, 6.07) is 7.21. The lowest BCUT2D eigenvalue weighted by Gasteiger charge is -2.35. The number of morpholine rings is 1. The van der Waals surface area contributed by atoms with E-state index in [2.05, 4.69) is 0 Å². The van der Waals surface area contributed by atoms with Crippen molar-refractivity contribution in [1.82, 2.24) is 4.90 Å². The van der Waals surface area contributed by atoms with Crippen molar-refractivity contribution in [2.75, 3.05) is 20.2 Å². The summed E-state index contributed by atoms with van der Waals surface area (Å²) in [5, 5.41) is 0. The summed E-state index contributed by atoms with van der Waals surface area (Å²) in [5.74, 6) is 0.815. The Bertz CT molecular complexity index is 406. The molecule has 1 aromatic rings. The van der Waals surface area contributed by atoms with E-state index in [1.807, 2.05) is 18.7 Å². The average molecular weight is 249 g/mol. The molecule has 4 nitrogen and oxygen atoms in total. The molecule has 2 rings (SSSR count). The first-order chi connectivity index (χ1) is 8.60. The van der Waals surface area contributed by atoms with Gasteiger partial charge in [0.15, 0.2) is 0 Å². The summed E-state index contributed by atoms with van der Waals surface area (Å²) < 4.78 is 10.7. The Labute approximate surface area is 107 Å². The van der Waals surface area contributed by atoms with Gasteiger partial charge in [-0.25, -0.2) is 0 Å². The molecule has 18 heavy (non-hydrogen) atoms. The van der Waals surface area contributed by atoms with Crippen LogP contribution in [0.4, 0.5) is 0 Å². The van der Waals surface area contributed by atoms with Gasteiger partial charge in [0.05, 0.1) is 19.3 Å². The average Bonchev–Trinajstić information content (AvgIpc) is 2.37. The number of ether oxygens (including phenoxy) is 2. The van der Waals surface area contributed by atoms with Gasteiger partial charge in [-0.3, -0.25) is 4.79 Å². The third kappa shape index (κ3) is 2.82. The second kappa shape index (κ2) is 5.40. The van der Waals surface area contributed by atoms with Crippen LogP contribution >= 0.6 is 0 Å². The first-order valence-corrected chi connectivity index (χ1v) is 6.19. The monoisotopic (exact) mass is 249 g/mol. The normalized spacial score (nSPS) is 23.8. The highest BCUT2D eigenvalue weighted by Gasteiger charge is 2.26. The van der Waals surface area contributed by atoms with Gasteiger partial charge in [-0.1, -0.05) is 0 Å². The SMILES string of the molecule is COc1ccc(C(=O)N2CC(C)OC(C)C2)cc1. The first-order valence-electron chi connectivity index (χ1n) is 6.19. The third-order valence-corrected chi connectivity index (χ3v) is 3.04. The van der Waals surface area contributed by atoms with Gasteiger partial charge in [-0.15, -0.1) is 0 Å². The van der Waals surface area contributed by atoms with Crippen LogP contribution < -0.4 is 4.74 Å². The molecule has 1 aliphatic rings. The quantitative estimate of drug-likeness (QED) is 0.804. The Hall–Kier alpha value is -1.55. The molecule has 1 saturated heterocycles. The maximum absolute atomic E-state index is 12.3. The zero-order valence-electron chi connectivity index (χ0n) is 11.1. The fourth-order valence-corrected chi connectivity index (χ4v) is 2.26. The van der Waals surface area contributed by atoms with Gasteiger partial charge in [-0.2, -0.15) is 0 Å². The van der Waals surface area contributed by atoms with Gasteiger partial charge < -0.3 is 14.4 Å². The predicted molar refractivity (Wildman–Crippen MR) is 68.9 cm³/mol. The van der Waals surface area contributed by atoms with Gasteiger partial charge in [0.25, 0.3) is 5.91 Å². The predicted octanol–water partition coefficient (Wildman–Crippen LogP) is 1.94. The number of hydrogen-bond donors (Lipinski definition) is 0. The van der Waals surface area contributed by atoms with Crippen molar-refractivity contribution in [3.8, 4) is 5.75 Å². The molecule has 0 saturated carbocycles. The Morgan fingerprint density at radius 2 is 1.78 bits per heavy atom. The van der Waals surface area contributed by atoms with Crippen LogP contribution in [0.25, 0.3) is 0 Å². The number of rotatable bonds is 2. The number of carbonyl (C=O) groups is 1.